The Morgan fingerprint density at radius 2 is 1.65 bits per heavy atom. The fourth-order valence-corrected chi connectivity index (χ4v) is 4.10. The second-order valence-corrected chi connectivity index (χ2v) is 7.87. The first-order valence-corrected chi connectivity index (χ1v) is 10.1. The quantitative estimate of drug-likeness (QED) is 0.483. The van der Waals surface area contributed by atoms with Crippen molar-refractivity contribution >= 4 is 18.0 Å². The highest BCUT2D eigenvalue weighted by molar-refractivity contribution is 6.14. The molecule has 0 radical (unpaired) electrons. The first kappa shape index (κ1) is 20.6. The van der Waals surface area contributed by atoms with Crippen molar-refractivity contribution < 1.29 is 14.0 Å². The molecule has 0 bridgehead atoms. The van der Waals surface area contributed by atoms with Gasteiger partial charge in [-0.1, -0.05) is 36.4 Å². The zero-order valence-corrected chi connectivity index (χ0v) is 18.0. The summed E-state index contributed by atoms with van der Waals surface area (Å²) in [6, 6.07) is 13.7. The minimum absolute atomic E-state index is 0.115. The summed E-state index contributed by atoms with van der Waals surface area (Å²) >= 11 is 0. The smallest absolute Gasteiger partial charge is 0.317 e. The van der Waals surface area contributed by atoms with E-state index >= 15 is 0 Å². The lowest BCUT2D eigenvalue weighted by molar-refractivity contribution is -0.123. The Morgan fingerprint density at radius 3 is 2.32 bits per heavy atom. The van der Waals surface area contributed by atoms with Crippen LogP contribution < -0.4 is 5.32 Å². The second-order valence-electron chi connectivity index (χ2n) is 7.87. The molecule has 2 aromatic carbocycles. The van der Waals surface area contributed by atoms with Gasteiger partial charge in [0.05, 0.1) is 12.2 Å². The van der Waals surface area contributed by atoms with Crippen molar-refractivity contribution in [1.82, 2.24) is 14.8 Å². The van der Waals surface area contributed by atoms with Crippen LogP contribution in [0.1, 0.15) is 33.6 Å². The van der Waals surface area contributed by atoms with Gasteiger partial charge in [0.15, 0.2) is 0 Å². The lowest BCUT2D eigenvalue weighted by Gasteiger charge is -2.15. The van der Waals surface area contributed by atoms with Crippen LogP contribution >= 0.6 is 0 Å². The predicted molar refractivity (Wildman–Crippen MR) is 118 cm³/mol. The second kappa shape index (κ2) is 7.87. The fraction of sp³-hybridized carbons (Fsp3) is 0.200. The molecule has 0 saturated carbocycles. The summed E-state index contributed by atoms with van der Waals surface area (Å²) in [6.07, 6.45) is 1.69. The molecule has 1 aliphatic heterocycles. The van der Waals surface area contributed by atoms with Crippen LogP contribution in [0.4, 0.5) is 9.18 Å². The zero-order valence-electron chi connectivity index (χ0n) is 18.0. The molecular formula is C25H24FN3O2. The number of hydrogen-bond donors (Lipinski definition) is 1. The number of carbonyl (C=O) groups excluding carboxylic acids is 2. The summed E-state index contributed by atoms with van der Waals surface area (Å²) in [5.41, 5.74) is 6.74. The fourth-order valence-electron chi connectivity index (χ4n) is 4.10. The molecule has 1 aliphatic rings. The van der Waals surface area contributed by atoms with Crippen molar-refractivity contribution in [3.63, 3.8) is 0 Å². The lowest BCUT2D eigenvalue weighted by Crippen LogP contribution is -2.30. The Labute approximate surface area is 180 Å². The number of aromatic nitrogens is 1. The number of para-hydroxylation sites is 1. The highest BCUT2D eigenvalue weighted by Gasteiger charge is 2.34. The minimum Gasteiger partial charge on any atom is -0.317 e. The lowest BCUT2D eigenvalue weighted by atomic mass is 10.1. The molecule has 6 heteroatoms. The van der Waals surface area contributed by atoms with Crippen molar-refractivity contribution in [1.29, 1.82) is 0 Å². The third-order valence-electron chi connectivity index (χ3n) is 5.68. The number of benzene rings is 2. The van der Waals surface area contributed by atoms with Gasteiger partial charge in [-0.25, -0.2) is 9.18 Å². The zero-order chi connectivity index (χ0) is 22.3. The van der Waals surface area contributed by atoms with Crippen LogP contribution in [-0.2, 0) is 11.3 Å². The Hall–Kier alpha value is -3.67. The third kappa shape index (κ3) is 3.65. The number of halogens is 1. The SMILES string of the molecule is Cc1cccc(C)c1-n1c(C)cc(/C=C2/NC(=O)N(Cc3ccccc3F)C2=O)c1C. The summed E-state index contributed by atoms with van der Waals surface area (Å²) < 4.78 is 16.1. The summed E-state index contributed by atoms with van der Waals surface area (Å²) in [6.45, 7) is 8.03. The molecule has 2 heterocycles. The van der Waals surface area contributed by atoms with Gasteiger partial charge in [0.1, 0.15) is 11.5 Å². The molecule has 158 valence electrons. The van der Waals surface area contributed by atoms with E-state index in [0.29, 0.717) is 5.56 Å². The predicted octanol–water partition coefficient (Wildman–Crippen LogP) is 4.94. The molecule has 5 nitrogen and oxygen atoms in total. The van der Waals surface area contributed by atoms with E-state index in [1.807, 2.05) is 26.0 Å². The van der Waals surface area contributed by atoms with E-state index in [1.54, 1.807) is 24.3 Å². The van der Waals surface area contributed by atoms with Crippen LogP contribution in [0.2, 0.25) is 0 Å². The normalized spacial score (nSPS) is 15.1. The molecule has 3 aromatic rings. The van der Waals surface area contributed by atoms with Crippen LogP contribution in [0.15, 0.2) is 54.2 Å². The van der Waals surface area contributed by atoms with Gasteiger partial charge in [-0.3, -0.25) is 9.69 Å². The molecule has 1 saturated heterocycles. The van der Waals surface area contributed by atoms with Gasteiger partial charge in [-0.15, -0.1) is 0 Å². The van der Waals surface area contributed by atoms with E-state index in [-0.39, 0.29) is 12.2 Å². The van der Waals surface area contributed by atoms with Gasteiger partial charge >= 0.3 is 6.03 Å². The van der Waals surface area contributed by atoms with Crippen molar-refractivity contribution in [2.75, 3.05) is 0 Å². The highest BCUT2D eigenvalue weighted by atomic mass is 19.1. The van der Waals surface area contributed by atoms with E-state index in [4.69, 9.17) is 0 Å². The van der Waals surface area contributed by atoms with Crippen LogP contribution in [-0.4, -0.2) is 21.4 Å². The minimum atomic E-state index is -0.553. The largest absolute Gasteiger partial charge is 0.329 e. The number of amides is 3. The monoisotopic (exact) mass is 417 g/mol. The van der Waals surface area contributed by atoms with E-state index in [2.05, 4.69) is 35.9 Å². The molecule has 0 unspecified atom stereocenters. The first-order chi connectivity index (χ1) is 14.8. The number of imide groups is 1. The van der Waals surface area contributed by atoms with Crippen LogP contribution in [0.25, 0.3) is 11.8 Å². The Balaban J connectivity index is 1.68. The molecule has 0 spiro atoms. The van der Waals surface area contributed by atoms with Crippen LogP contribution in [0, 0.1) is 33.5 Å². The topological polar surface area (TPSA) is 54.3 Å². The summed E-state index contributed by atoms with van der Waals surface area (Å²) in [5, 5.41) is 2.63. The standard InChI is InChI=1S/C25H24FN3O2/c1-15-8-7-9-16(2)23(15)29-17(3)12-20(18(29)4)13-22-24(30)28(25(31)27-22)14-19-10-5-6-11-21(19)26/h5-13H,14H2,1-4H3,(H,27,31)/b22-13+. The summed E-state index contributed by atoms with van der Waals surface area (Å²) in [4.78, 5) is 26.3. The molecule has 0 aliphatic carbocycles. The Kier molecular flexibility index (Phi) is 5.23. The Morgan fingerprint density at radius 1 is 0.968 bits per heavy atom. The molecule has 4 rings (SSSR count). The van der Waals surface area contributed by atoms with Crippen molar-refractivity contribution in [2.45, 2.75) is 34.2 Å². The average Bonchev–Trinajstić information content (AvgIpc) is 3.14. The molecular weight excluding hydrogens is 393 g/mol. The van der Waals surface area contributed by atoms with E-state index in [1.165, 1.54) is 6.07 Å². The first-order valence-electron chi connectivity index (χ1n) is 10.1. The molecule has 3 amide bonds. The maximum absolute atomic E-state index is 14.0. The van der Waals surface area contributed by atoms with Crippen LogP contribution in [0.5, 0.6) is 0 Å². The van der Waals surface area contributed by atoms with Gasteiger partial charge < -0.3 is 9.88 Å². The number of aryl methyl sites for hydroxylation is 3. The molecule has 0 atom stereocenters. The maximum Gasteiger partial charge on any atom is 0.329 e. The number of carbonyl (C=O) groups is 2. The maximum atomic E-state index is 14.0. The van der Waals surface area contributed by atoms with Crippen LogP contribution in [0.3, 0.4) is 0 Å². The van der Waals surface area contributed by atoms with E-state index < -0.39 is 17.8 Å². The van der Waals surface area contributed by atoms with Gasteiger partial charge in [0.25, 0.3) is 5.91 Å². The summed E-state index contributed by atoms with van der Waals surface area (Å²) in [7, 11) is 0. The van der Waals surface area contributed by atoms with Gasteiger partial charge in [0.2, 0.25) is 0 Å². The average molecular weight is 417 g/mol. The van der Waals surface area contributed by atoms with Gasteiger partial charge in [-0.2, -0.15) is 0 Å². The number of urea groups is 1. The number of nitrogens with one attached hydrogen (secondary N) is 1. The van der Waals surface area contributed by atoms with Crippen molar-refractivity contribution in [3.8, 4) is 5.69 Å². The van der Waals surface area contributed by atoms with E-state index in [9.17, 15) is 14.0 Å². The Bertz CT molecular complexity index is 1220. The van der Waals surface area contributed by atoms with Crippen molar-refractivity contribution in [2.24, 2.45) is 0 Å². The molecule has 1 aromatic heterocycles. The third-order valence-corrected chi connectivity index (χ3v) is 5.68. The molecule has 1 fully saturated rings. The van der Waals surface area contributed by atoms with Crippen molar-refractivity contribution in [3.05, 3.63) is 93.7 Å². The van der Waals surface area contributed by atoms with Gasteiger partial charge in [-0.05, 0) is 62.6 Å². The van der Waals surface area contributed by atoms with E-state index in [0.717, 1.165) is 38.7 Å². The number of hydrogen-bond acceptors (Lipinski definition) is 2. The highest BCUT2D eigenvalue weighted by Crippen LogP contribution is 2.28. The molecule has 1 N–H and O–H groups in total. The summed E-state index contributed by atoms with van der Waals surface area (Å²) in [5.74, 6) is -0.914. The number of rotatable bonds is 4. The molecule has 31 heavy (non-hydrogen) atoms. The number of nitrogens with zero attached hydrogens (tertiary/aromatic N) is 2. The van der Waals surface area contributed by atoms with Gasteiger partial charge in [0, 0.05) is 17.0 Å².